The highest BCUT2D eigenvalue weighted by Gasteiger charge is 2.11. The van der Waals surface area contributed by atoms with Gasteiger partial charge in [0.25, 0.3) is 5.91 Å². The number of rotatable bonds is 6. The highest BCUT2D eigenvalue weighted by Crippen LogP contribution is 2.19. The second-order valence-corrected chi connectivity index (χ2v) is 4.06. The first-order valence-corrected chi connectivity index (χ1v) is 5.90. The summed E-state index contributed by atoms with van der Waals surface area (Å²) in [6.45, 7) is 0.402. The molecule has 0 spiro atoms. The second kappa shape index (κ2) is 7.60. The smallest absolute Gasteiger partial charge is 0.338 e. The third kappa shape index (κ3) is 5.15. The number of hydrogen-bond donors (Lipinski definition) is 2. The molecule has 19 heavy (non-hydrogen) atoms. The molecule has 104 valence electrons. The van der Waals surface area contributed by atoms with Crippen LogP contribution >= 0.6 is 11.6 Å². The summed E-state index contributed by atoms with van der Waals surface area (Å²) >= 11 is 5.73. The van der Waals surface area contributed by atoms with Gasteiger partial charge in [0.05, 0.1) is 22.9 Å². The largest absolute Gasteiger partial charge is 0.452 e. The van der Waals surface area contributed by atoms with E-state index in [9.17, 15) is 9.59 Å². The fourth-order valence-corrected chi connectivity index (χ4v) is 1.35. The lowest BCUT2D eigenvalue weighted by Crippen LogP contribution is -2.31. The zero-order valence-corrected chi connectivity index (χ0v) is 11.2. The third-order valence-electron chi connectivity index (χ3n) is 2.19. The minimum absolute atomic E-state index is 0.242. The molecule has 3 N–H and O–H groups in total. The predicted molar refractivity (Wildman–Crippen MR) is 71.0 cm³/mol. The Labute approximate surface area is 115 Å². The van der Waals surface area contributed by atoms with E-state index >= 15 is 0 Å². The van der Waals surface area contributed by atoms with Crippen LogP contribution in [0.4, 0.5) is 5.69 Å². The molecule has 0 radical (unpaired) electrons. The lowest BCUT2D eigenvalue weighted by Gasteiger charge is -2.07. The first-order valence-electron chi connectivity index (χ1n) is 5.52. The number of nitrogens with two attached hydrogens (primary N) is 1. The van der Waals surface area contributed by atoms with E-state index in [1.165, 1.54) is 25.3 Å². The van der Waals surface area contributed by atoms with Crippen LogP contribution in [0.2, 0.25) is 5.02 Å². The molecule has 0 aromatic heterocycles. The van der Waals surface area contributed by atoms with Gasteiger partial charge in [-0.3, -0.25) is 4.79 Å². The standard InChI is InChI=1S/C12H15ClN2O4/c1-18-5-4-15-11(16)7-19-12(17)8-2-3-9(13)10(14)6-8/h2-3,6H,4-5,7,14H2,1H3,(H,15,16). The number of benzene rings is 1. The van der Waals surface area contributed by atoms with E-state index in [0.717, 1.165) is 0 Å². The van der Waals surface area contributed by atoms with Crippen molar-refractivity contribution in [3.63, 3.8) is 0 Å². The van der Waals surface area contributed by atoms with Crippen LogP contribution in [0.25, 0.3) is 0 Å². The van der Waals surface area contributed by atoms with Crippen molar-refractivity contribution in [1.29, 1.82) is 0 Å². The topological polar surface area (TPSA) is 90.6 Å². The number of nitrogen functional groups attached to an aromatic ring is 1. The molecule has 0 aliphatic carbocycles. The van der Waals surface area contributed by atoms with Gasteiger partial charge < -0.3 is 20.5 Å². The summed E-state index contributed by atoms with van der Waals surface area (Å²) in [4.78, 5) is 22.9. The summed E-state index contributed by atoms with van der Waals surface area (Å²) in [7, 11) is 1.52. The number of ether oxygens (including phenoxy) is 2. The van der Waals surface area contributed by atoms with Crippen LogP contribution in [0.3, 0.4) is 0 Å². The number of esters is 1. The van der Waals surface area contributed by atoms with E-state index < -0.39 is 11.9 Å². The molecular formula is C12H15ClN2O4. The van der Waals surface area contributed by atoms with Crippen molar-refractivity contribution in [2.75, 3.05) is 32.6 Å². The summed E-state index contributed by atoms with van der Waals surface area (Å²) in [5.41, 5.74) is 6.08. The number of halogens is 1. The summed E-state index contributed by atoms with van der Waals surface area (Å²) in [6.07, 6.45) is 0. The summed E-state index contributed by atoms with van der Waals surface area (Å²) in [6, 6.07) is 4.36. The molecule has 0 atom stereocenters. The quantitative estimate of drug-likeness (QED) is 0.459. The molecule has 0 fully saturated rings. The number of amides is 1. The maximum atomic E-state index is 11.6. The van der Waals surface area contributed by atoms with E-state index in [1.807, 2.05) is 0 Å². The number of carbonyl (C=O) groups is 2. The molecule has 0 saturated heterocycles. The summed E-state index contributed by atoms with van der Waals surface area (Å²) < 4.78 is 9.59. The molecule has 1 aromatic rings. The number of anilines is 1. The minimum atomic E-state index is -0.634. The van der Waals surface area contributed by atoms with Gasteiger partial charge in [0.2, 0.25) is 0 Å². The van der Waals surface area contributed by atoms with Crippen LogP contribution in [0.1, 0.15) is 10.4 Å². The maximum Gasteiger partial charge on any atom is 0.338 e. The zero-order valence-electron chi connectivity index (χ0n) is 10.4. The molecule has 1 aromatic carbocycles. The molecule has 0 bridgehead atoms. The molecule has 6 nitrogen and oxygen atoms in total. The number of hydrogen-bond acceptors (Lipinski definition) is 5. The van der Waals surface area contributed by atoms with E-state index in [0.29, 0.717) is 18.2 Å². The van der Waals surface area contributed by atoms with Gasteiger partial charge in [-0.2, -0.15) is 0 Å². The summed E-state index contributed by atoms with van der Waals surface area (Å²) in [5.74, 6) is -1.03. The third-order valence-corrected chi connectivity index (χ3v) is 2.54. The van der Waals surface area contributed by atoms with Crippen LogP contribution in [0.15, 0.2) is 18.2 Å². The van der Waals surface area contributed by atoms with Gasteiger partial charge >= 0.3 is 5.97 Å². The highest BCUT2D eigenvalue weighted by molar-refractivity contribution is 6.33. The highest BCUT2D eigenvalue weighted by atomic mass is 35.5. The Kier molecular flexibility index (Phi) is 6.11. The van der Waals surface area contributed by atoms with Crippen molar-refractivity contribution in [3.8, 4) is 0 Å². The molecule has 1 rings (SSSR count). The van der Waals surface area contributed by atoms with Crippen molar-refractivity contribution in [2.24, 2.45) is 0 Å². The monoisotopic (exact) mass is 286 g/mol. The molecule has 1 amide bonds. The molecule has 7 heteroatoms. The fourth-order valence-electron chi connectivity index (χ4n) is 1.23. The van der Waals surface area contributed by atoms with Crippen LogP contribution in [-0.2, 0) is 14.3 Å². The van der Waals surface area contributed by atoms with Gasteiger partial charge in [-0.25, -0.2) is 4.79 Å². The van der Waals surface area contributed by atoms with Crippen molar-refractivity contribution in [1.82, 2.24) is 5.32 Å². The molecule has 0 saturated carbocycles. The first-order chi connectivity index (χ1) is 9.04. The molecular weight excluding hydrogens is 272 g/mol. The van der Waals surface area contributed by atoms with Crippen molar-refractivity contribution >= 4 is 29.2 Å². The Morgan fingerprint density at radius 2 is 2.16 bits per heavy atom. The lowest BCUT2D eigenvalue weighted by atomic mass is 10.2. The number of nitrogens with one attached hydrogen (secondary N) is 1. The van der Waals surface area contributed by atoms with E-state index in [1.54, 1.807) is 0 Å². The van der Waals surface area contributed by atoms with E-state index in [4.69, 9.17) is 26.8 Å². The van der Waals surface area contributed by atoms with Crippen molar-refractivity contribution < 1.29 is 19.1 Å². The van der Waals surface area contributed by atoms with Crippen molar-refractivity contribution in [3.05, 3.63) is 28.8 Å². The van der Waals surface area contributed by atoms with Crippen LogP contribution in [0.5, 0.6) is 0 Å². The molecule has 0 heterocycles. The first kappa shape index (κ1) is 15.3. The van der Waals surface area contributed by atoms with Gasteiger partial charge in [-0.15, -0.1) is 0 Å². The molecule has 0 aliphatic rings. The average Bonchev–Trinajstić information content (AvgIpc) is 2.39. The van der Waals surface area contributed by atoms with Gasteiger partial charge in [0.15, 0.2) is 6.61 Å². The maximum absolute atomic E-state index is 11.6. The Balaban J connectivity index is 2.42. The Morgan fingerprint density at radius 3 is 2.79 bits per heavy atom. The Bertz CT molecular complexity index is 465. The summed E-state index contributed by atoms with van der Waals surface area (Å²) in [5, 5.41) is 2.88. The zero-order chi connectivity index (χ0) is 14.3. The van der Waals surface area contributed by atoms with Gasteiger partial charge in [0, 0.05) is 13.7 Å². The van der Waals surface area contributed by atoms with Crippen molar-refractivity contribution in [2.45, 2.75) is 0 Å². The SMILES string of the molecule is COCCNC(=O)COC(=O)c1ccc(Cl)c(N)c1. The average molecular weight is 287 g/mol. The van der Waals surface area contributed by atoms with Gasteiger partial charge in [-0.05, 0) is 18.2 Å². The van der Waals surface area contributed by atoms with Gasteiger partial charge in [0.1, 0.15) is 0 Å². The minimum Gasteiger partial charge on any atom is -0.452 e. The van der Waals surface area contributed by atoms with Crippen LogP contribution < -0.4 is 11.1 Å². The Hall–Kier alpha value is -1.79. The van der Waals surface area contributed by atoms with Crippen LogP contribution in [0, 0.1) is 0 Å². The molecule has 0 aliphatic heterocycles. The van der Waals surface area contributed by atoms with E-state index in [2.05, 4.69) is 5.32 Å². The molecule has 0 unspecified atom stereocenters. The normalized spacial score (nSPS) is 10.0. The van der Waals surface area contributed by atoms with Crippen LogP contribution in [-0.4, -0.2) is 38.7 Å². The Morgan fingerprint density at radius 1 is 1.42 bits per heavy atom. The second-order valence-electron chi connectivity index (χ2n) is 3.66. The lowest BCUT2D eigenvalue weighted by molar-refractivity contribution is -0.124. The van der Waals surface area contributed by atoms with Gasteiger partial charge in [-0.1, -0.05) is 11.6 Å². The number of methoxy groups -OCH3 is 1. The number of carbonyl (C=O) groups excluding carboxylic acids is 2. The fraction of sp³-hybridized carbons (Fsp3) is 0.333. The predicted octanol–water partition coefficient (Wildman–Crippen LogP) is 0.842. The van der Waals surface area contributed by atoms with E-state index in [-0.39, 0.29) is 17.9 Å².